The van der Waals surface area contributed by atoms with Crippen LogP contribution in [0.1, 0.15) is 61.4 Å². The summed E-state index contributed by atoms with van der Waals surface area (Å²) in [6, 6.07) is 14.1. The third-order valence-corrected chi connectivity index (χ3v) is 8.87. The topological polar surface area (TPSA) is 200 Å². The van der Waals surface area contributed by atoms with Crippen LogP contribution in [0, 0.1) is 13.8 Å². The number of phenols is 2. The Hall–Kier alpha value is -5.59. The number of aromatic hydroxyl groups is 2. The van der Waals surface area contributed by atoms with Gasteiger partial charge in [0.15, 0.2) is 0 Å². The van der Waals surface area contributed by atoms with E-state index in [0.717, 1.165) is 5.56 Å². The summed E-state index contributed by atoms with van der Waals surface area (Å²) >= 11 is 0. The number of carbonyl (C=O) groups is 5. The van der Waals surface area contributed by atoms with Gasteiger partial charge in [-0.1, -0.05) is 42.5 Å². The summed E-state index contributed by atoms with van der Waals surface area (Å²) in [5.41, 5.74) is 8.41. The summed E-state index contributed by atoms with van der Waals surface area (Å²) in [4.78, 5) is 68.9. The van der Waals surface area contributed by atoms with Crippen molar-refractivity contribution < 1.29 is 38.9 Å². The second-order valence-corrected chi connectivity index (χ2v) is 14.2. The number of primary amides is 1. The van der Waals surface area contributed by atoms with Crippen molar-refractivity contribution in [2.75, 3.05) is 6.54 Å². The molecule has 0 radical (unpaired) electrons. The fraction of sp³-hybridized carbons (Fsp3) is 0.410. The summed E-state index contributed by atoms with van der Waals surface area (Å²) < 4.78 is 5.43. The van der Waals surface area contributed by atoms with Crippen molar-refractivity contribution in [3.05, 3.63) is 94.5 Å². The second-order valence-electron chi connectivity index (χ2n) is 14.2. The van der Waals surface area contributed by atoms with E-state index in [1.165, 1.54) is 17.0 Å². The summed E-state index contributed by atoms with van der Waals surface area (Å²) in [6.45, 7) is 8.89. The number of nitrogens with two attached hydrogens (primary N) is 1. The number of nitrogens with one attached hydrogen (secondary N) is 3. The Bertz CT molecular complexity index is 1730. The van der Waals surface area contributed by atoms with Gasteiger partial charge in [0.2, 0.25) is 23.6 Å². The van der Waals surface area contributed by atoms with E-state index in [1.54, 1.807) is 58.9 Å². The Morgan fingerprint density at radius 1 is 0.808 bits per heavy atom. The highest BCUT2D eigenvalue weighted by Crippen LogP contribution is 2.24. The highest BCUT2D eigenvalue weighted by atomic mass is 16.6. The fourth-order valence-electron chi connectivity index (χ4n) is 6.34. The summed E-state index contributed by atoms with van der Waals surface area (Å²) in [5.74, 6) is -2.39. The number of rotatable bonds is 13. The molecule has 0 spiro atoms. The van der Waals surface area contributed by atoms with Gasteiger partial charge in [-0.3, -0.25) is 19.2 Å². The van der Waals surface area contributed by atoms with Gasteiger partial charge in [-0.05, 0) is 99.5 Å². The number of alkyl carbamates (subject to hydrolysis) is 1. The van der Waals surface area contributed by atoms with Gasteiger partial charge in [-0.15, -0.1) is 0 Å². The van der Waals surface area contributed by atoms with Crippen molar-refractivity contribution in [3.63, 3.8) is 0 Å². The lowest BCUT2D eigenvalue weighted by molar-refractivity contribution is -0.141. The number of ether oxygens (including phenoxy) is 1. The molecule has 0 bridgehead atoms. The van der Waals surface area contributed by atoms with E-state index >= 15 is 0 Å². The van der Waals surface area contributed by atoms with Gasteiger partial charge < -0.3 is 41.5 Å². The molecule has 7 N–H and O–H groups in total. The molecule has 13 heteroatoms. The predicted molar refractivity (Wildman–Crippen MR) is 194 cm³/mol. The van der Waals surface area contributed by atoms with Crippen LogP contribution in [0.25, 0.3) is 0 Å². The Balaban J connectivity index is 1.59. The molecule has 5 amide bonds. The molecule has 52 heavy (non-hydrogen) atoms. The van der Waals surface area contributed by atoms with Gasteiger partial charge in [0.05, 0.1) is 0 Å². The molecule has 0 saturated carbocycles. The van der Waals surface area contributed by atoms with Crippen LogP contribution in [0.2, 0.25) is 0 Å². The van der Waals surface area contributed by atoms with E-state index in [1.807, 2.05) is 30.3 Å². The Labute approximate surface area is 303 Å². The lowest BCUT2D eigenvalue weighted by Gasteiger charge is -2.31. The minimum atomic E-state index is -1.18. The quantitative estimate of drug-likeness (QED) is 0.155. The van der Waals surface area contributed by atoms with E-state index in [2.05, 4.69) is 16.0 Å². The van der Waals surface area contributed by atoms with Crippen molar-refractivity contribution in [1.82, 2.24) is 20.9 Å². The van der Waals surface area contributed by atoms with E-state index in [-0.39, 0.29) is 37.3 Å². The number of hydrogen-bond acceptors (Lipinski definition) is 8. The molecule has 0 aromatic heterocycles. The van der Waals surface area contributed by atoms with Crippen LogP contribution in [0.5, 0.6) is 11.5 Å². The molecule has 0 aliphatic carbocycles. The molecule has 0 unspecified atom stereocenters. The lowest BCUT2D eigenvalue weighted by Crippen LogP contribution is -2.58. The molecule has 278 valence electrons. The van der Waals surface area contributed by atoms with Crippen molar-refractivity contribution in [2.45, 2.75) is 96.5 Å². The smallest absolute Gasteiger partial charge is 0.408 e. The predicted octanol–water partition coefficient (Wildman–Crippen LogP) is 3.08. The van der Waals surface area contributed by atoms with E-state index in [0.29, 0.717) is 35.1 Å². The van der Waals surface area contributed by atoms with Crippen LogP contribution in [-0.4, -0.2) is 81.1 Å². The number of amides is 5. The maximum Gasteiger partial charge on any atom is 0.408 e. The lowest BCUT2D eigenvalue weighted by atomic mass is 9.95. The Morgan fingerprint density at radius 3 is 2.00 bits per heavy atom. The number of aryl methyl sites for hydroxylation is 2. The molecule has 1 fully saturated rings. The molecule has 4 rings (SSSR count). The second kappa shape index (κ2) is 17.1. The standard InChI is InChI=1S/C39H49N5O8/c1-23-18-28(46)19-24(2)29(23)22-31(35(48)41-30(34(40)47)20-25-10-7-6-8-11-25)42-36(49)33-12-9-17-44(33)37(50)32(43-38(51)52-39(3,4)5)21-26-13-15-27(45)16-14-26/h6-8,10-11,13-16,18-19,30-33,45-46H,9,12,17,20-22H2,1-5H3,(H2,40,47)(H,41,48)(H,42,49)(H,43,51)/t30-,31-,32-,33-/m0/s1. The van der Waals surface area contributed by atoms with E-state index in [9.17, 15) is 34.2 Å². The van der Waals surface area contributed by atoms with Crippen LogP contribution in [0.15, 0.2) is 66.7 Å². The summed E-state index contributed by atoms with van der Waals surface area (Å²) in [7, 11) is 0. The van der Waals surface area contributed by atoms with Crippen molar-refractivity contribution >= 4 is 29.7 Å². The SMILES string of the molecule is Cc1cc(O)cc(C)c1C[C@H](NC(=O)[C@@H]1CCCN1C(=O)[C@H](Cc1ccc(O)cc1)NC(=O)OC(C)(C)C)C(=O)N[C@@H](Cc1ccccc1)C(N)=O. The van der Waals surface area contributed by atoms with Gasteiger partial charge in [0, 0.05) is 25.8 Å². The van der Waals surface area contributed by atoms with E-state index < -0.39 is 59.5 Å². The maximum atomic E-state index is 14.1. The first-order valence-electron chi connectivity index (χ1n) is 17.3. The summed E-state index contributed by atoms with van der Waals surface area (Å²) in [6.07, 6.45) is 0.217. The van der Waals surface area contributed by atoms with Gasteiger partial charge in [0.25, 0.3) is 0 Å². The van der Waals surface area contributed by atoms with Crippen molar-refractivity contribution in [1.29, 1.82) is 0 Å². The van der Waals surface area contributed by atoms with Gasteiger partial charge in [-0.2, -0.15) is 0 Å². The monoisotopic (exact) mass is 715 g/mol. The van der Waals surface area contributed by atoms with Gasteiger partial charge >= 0.3 is 6.09 Å². The minimum Gasteiger partial charge on any atom is -0.508 e. The zero-order chi connectivity index (χ0) is 38.2. The number of nitrogens with zero attached hydrogens (tertiary/aromatic N) is 1. The molecule has 13 nitrogen and oxygen atoms in total. The first kappa shape index (κ1) is 39.2. The summed E-state index contributed by atoms with van der Waals surface area (Å²) in [5, 5.41) is 28.1. The van der Waals surface area contributed by atoms with Crippen LogP contribution < -0.4 is 21.7 Å². The molecule has 3 aromatic carbocycles. The highest BCUT2D eigenvalue weighted by Gasteiger charge is 2.40. The average molecular weight is 716 g/mol. The molecular weight excluding hydrogens is 666 g/mol. The van der Waals surface area contributed by atoms with Gasteiger partial charge in [0.1, 0.15) is 41.3 Å². The van der Waals surface area contributed by atoms with Crippen molar-refractivity contribution in [3.8, 4) is 11.5 Å². The largest absolute Gasteiger partial charge is 0.508 e. The van der Waals surface area contributed by atoms with E-state index in [4.69, 9.17) is 10.5 Å². The normalized spacial score (nSPS) is 15.9. The minimum absolute atomic E-state index is 0.0245. The number of carbonyl (C=O) groups excluding carboxylic acids is 5. The van der Waals surface area contributed by atoms with Crippen LogP contribution >= 0.6 is 0 Å². The first-order chi connectivity index (χ1) is 24.5. The Kier molecular flexibility index (Phi) is 12.9. The fourth-order valence-corrected chi connectivity index (χ4v) is 6.34. The zero-order valence-corrected chi connectivity index (χ0v) is 30.3. The number of hydrogen-bond donors (Lipinski definition) is 6. The van der Waals surface area contributed by atoms with Gasteiger partial charge in [-0.25, -0.2) is 4.79 Å². The average Bonchev–Trinajstić information content (AvgIpc) is 3.56. The molecule has 1 aliphatic rings. The third-order valence-electron chi connectivity index (χ3n) is 8.87. The molecule has 1 saturated heterocycles. The Morgan fingerprint density at radius 2 is 1.40 bits per heavy atom. The van der Waals surface area contributed by atoms with Crippen LogP contribution in [0.3, 0.4) is 0 Å². The van der Waals surface area contributed by atoms with Crippen LogP contribution in [-0.2, 0) is 43.2 Å². The number of likely N-dealkylation sites (tertiary alicyclic amines) is 1. The third kappa shape index (κ3) is 11.0. The van der Waals surface area contributed by atoms with Crippen molar-refractivity contribution in [2.24, 2.45) is 5.73 Å². The molecule has 3 aromatic rings. The molecule has 4 atom stereocenters. The van der Waals surface area contributed by atoms with Crippen LogP contribution in [0.4, 0.5) is 4.79 Å². The zero-order valence-electron chi connectivity index (χ0n) is 30.3. The molecular formula is C39H49N5O8. The maximum absolute atomic E-state index is 14.1. The number of benzene rings is 3. The first-order valence-corrected chi connectivity index (χ1v) is 17.3. The molecule has 1 heterocycles. The highest BCUT2D eigenvalue weighted by molar-refractivity contribution is 5.95. The number of phenolic OH excluding ortho intramolecular Hbond substituents is 2. The molecule has 1 aliphatic heterocycles.